The predicted molar refractivity (Wildman–Crippen MR) is 119 cm³/mol. The topological polar surface area (TPSA) is 32.7 Å². The molecule has 28 heavy (non-hydrogen) atoms. The number of likely N-dealkylation sites (N-methyl/N-ethyl adjacent to an activating group) is 1. The summed E-state index contributed by atoms with van der Waals surface area (Å²) >= 11 is 0. The zero-order chi connectivity index (χ0) is 20.4. The Kier molecular flexibility index (Phi) is 9.26. The number of hydrogen-bond acceptors (Lipinski definition) is 3. The van der Waals surface area contributed by atoms with E-state index < -0.39 is 6.29 Å². The van der Waals surface area contributed by atoms with Crippen molar-refractivity contribution in [2.45, 2.75) is 51.7 Å². The van der Waals surface area contributed by atoms with Crippen molar-refractivity contribution in [2.24, 2.45) is 0 Å². The molecule has 1 unspecified atom stereocenters. The molecule has 0 radical (unpaired) electrons. The van der Waals surface area contributed by atoms with Crippen LogP contribution < -0.4 is 4.74 Å². The van der Waals surface area contributed by atoms with Crippen LogP contribution in [0.25, 0.3) is 11.1 Å². The van der Waals surface area contributed by atoms with Gasteiger partial charge in [0.2, 0.25) is 6.29 Å². The number of ether oxygens (including phenoxy) is 1. The van der Waals surface area contributed by atoms with Crippen LogP contribution in [0, 0.1) is 0 Å². The fourth-order valence-electron chi connectivity index (χ4n) is 3.22. The number of benzene rings is 2. The molecule has 2 aromatic rings. The summed E-state index contributed by atoms with van der Waals surface area (Å²) in [6.45, 7) is 6.72. The third-order valence-corrected chi connectivity index (χ3v) is 4.83. The Bertz CT molecular complexity index is 704. The number of aliphatic hydroxyl groups is 1. The average molecular weight is 382 g/mol. The summed E-state index contributed by atoms with van der Waals surface area (Å²) in [4.78, 5) is 1.95. The minimum atomic E-state index is -0.996. The molecule has 3 heteroatoms. The lowest BCUT2D eigenvalue weighted by Crippen LogP contribution is -2.26. The van der Waals surface area contributed by atoms with Gasteiger partial charge in [0, 0.05) is 12.1 Å². The van der Waals surface area contributed by atoms with E-state index in [0.29, 0.717) is 17.9 Å². The zero-order valence-corrected chi connectivity index (χ0v) is 17.7. The van der Waals surface area contributed by atoms with Gasteiger partial charge in [-0.05, 0) is 55.8 Å². The maximum absolute atomic E-state index is 10.1. The highest BCUT2D eigenvalue weighted by molar-refractivity contribution is 5.64. The highest BCUT2D eigenvalue weighted by atomic mass is 16.6. The Hall–Kier alpha value is -2.10. The van der Waals surface area contributed by atoms with E-state index in [2.05, 4.69) is 37.8 Å². The third-order valence-electron chi connectivity index (χ3n) is 4.83. The second kappa shape index (κ2) is 11.7. The maximum Gasteiger partial charge on any atom is 0.221 e. The molecule has 152 valence electrons. The summed E-state index contributed by atoms with van der Waals surface area (Å²) in [6.07, 6.45) is 6.74. The van der Waals surface area contributed by atoms with E-state index in [9.17, 15) is 5.11 Å². The van der Waals surface area contributed by atoms with Crippen LogP contribution in [0.2, 0.25) is 0 Å². The van der Waals surface area contributed by atoms with Gasteiger partial charge in [-0.3, -0.25) is 0 Å². The first-order chi connectivity index (χ1) is 13.5. The Morgan fingerprint density at radius 2 is 1.50 bits per heavy atom. The number of nitrogens with zero attached hydrogens (tertiary/aromatic N) is 1. The van der Waals surface area contributed by atoms with Crippen LogP contribution in [0.5, 0.6) is 5.75 Å². The molecule has 0 amide bonds. The molecule has 0 spiro atoms. The quantitative estimate of drug-likeness (QED) is 0.292. The third kappa shape index (κ3) is 7.49. The highest BCUT2D eigenvalue weighted by Crippen LogP contribution is 2.24. The monoisotopic (exact) mass is 381 g/mol. The molecule has 0 bridgehead atoms. The smallest absolute Gasteiger partial charge is 0.221 e. The van der Waals surface area contributed by atoms with Crippen molar-refractivity contribution < 1.29 is 9.84 Å². The van der Waals surface area contributed by atoms with Crippen molar-refractivity contribution in [3.05, 3.63) is 66.2 Å². The van der Waals surface area contributed by atoms with Gasteiger partial charge in [0.15, 0.2) is 0 Å². The molecule has 0 aliphatic heterocycles. The van der Waals surface area contributed by atoms with E-state index in [1.165, 1.54) is 43.2 Å². The lowest BCUT2D eigenvalue weighted by atomic mass is 10.0. The van der Waals surface area contributed by atoms with E-state index in [0.717, 1.165) is 12.0 Å². The minimum absolute atomic E-state index is 0.588. The largest absolute Gasteiger partial charge is 0.461 e. The molecule has 0 fully saturated rings. The lowest BCUT2D eigenvalue weighted by Gasteiger charge is -2.19. The van der Waals surface area contributed by atoms with E-state index in [-0.39, 0.29) is 0 Å². The molecule has 1 atom stereocenters. The number of rotatable bonds is 12. The Morgan fingerprint density at radius 3 is 2.07 bits per heavy atom. The summed E-state index contributed by atoms with van der Waals surface area (Å²) in [6, 6.07) is 16.7. The van der Waals surface area contributed by atoms with Gasteiger partial charge in [0.05, 0.1) is 0 Å². The second-order valence-corrected chi connectivity index (χ2v) is 7.75. The molecule has 0 heterocycles. The van der Waals surface area contributed by atoms with E-state index in [1.807, 2.05) is 43.3 Å². The minimum Gasteiger partial charge on any atom is -0.461 e. The van der Waals surface area contributed by atoms with Gasteiger partial charge in [-0.15, -0.1) is 0 Å². The maximum atomic E-state index is 10.1. The van der Waals surface area contributed by atoms with E-state index >= 15 is 0 Å². The molecule has 2 rings (SSSR count). The van der Waals surface area contributed by atoms with Crippen LogP contribution in [-0.2, 0) is 6.42 Å². The Labute approximate surface area is 170 Å². The lowest BCUT2D eigenvalue weighted by molar-refractivity contribution is 0.0109. The molecule has 3 nitrogen and oxygen atoms in total. The van der Waals surface area contributed by atoms with Gasteiger partial charge < -0.3 is 14.7 Å². The first-order valence-corrected chi connectivity index (χ1v) is 10.4. The zero-order valence-electron chi connectivity index (χ0n) is 17.7. The Morgan fingerprint density at radius 1 is 0.929 bits per heavy atom. The van der Waals surface area contributed by atoms with Crippen molar-refractivity contribution in [2.75, 3.05) is 20.6 Å². The average Bonchev–Trinajstić information content (AvgIpc) is 2.68. The molecule has 0 aliphatic carbocycles. The summed E-state index contributed by atoms with van der Waals surface area (Å²) in [5, 5.41) is 10.1. The van der Waals surface area contributed by atoms with Crippen molar-refractivity contribution in [3.63, 3.8) is 0 Å². The van der Waals surface area contributed by atoms with Gasteiger partial charge in [0.25, 0.3) is 0 Å². The van der Waals surface area contributed by atoms with Gasteiger partial charge in [-0.25, -0.2) is 0 Å². The molecular formula is C25H35NO2. The SMILES string of the molecule is C=C(CN(C)C)C(O)Oc1ccc(-c2ccc(CCCCCCC)cc2)cc1. The normalized spacial score (nSPS) is 12.2. The van der Waals surface area contributed by atoms with E-state index in [4.69, 9.17) is 4.74 Å². The fraction of sp³-hybridized carbons (Fsp3) is 0.440. The molecule has 2 aromatic carbocycles. The van der Waals surface area contributed by atoms with Gasteiger partial charge in [-0.1, -0.05) is 75.6 Å². The van der Waals surface area contributed by atoms with Crippen molar-refractivity contribution >= 4 is 0 Å². The summed E-state index contributed by atoms with van der Waals surface area (Å²) < 4.78 is 5.59. The number of aliphatic hydroxyl groups excluding tert-OH is 1. The molecule has 0 aromatic heterocycles. The standard InChI is InChI=1S/C25H35NO2/c1-5-6-7-8-9-10-21-11-13-22(14-12-21)23-15-17-24(18-16-23)28-25(27)20(2)19-26(3)4/h11-18,25,27H,2,5-10,19H2,1,3-4H3. The molecule has 0 saturated heterocycles. The van der Waals surface area contributed by atoms with Crippen molar-refractivity contribution in [1.29, 1.82) is 0 Å². The fourth-order valence-corrected chi connectivity index (χ4v) is 3.22. The van der Waals surface area contributed by atoms with Crippen LogP contribution in [0.15, 0.2) is 60.7 Å². The number of aryl methyl sites for hydroxylation is 1. The van der Waals surface area contributed by atoms with Crippen molar-refractivity contribution in [3.8, 4) is 16.9 Å². The predicted octanol–water partition coefficient (Wildman–Crippen LogP) is 5.68. The first kappa shape index (κ1) is 22.2. The van der Waals surface area contributed by atoms with Crippen LogP contribution in [0.4, 0.5) is 0 Å². The second-order valence-electron chi connectivity index (χ2n) is 7.75. The summed E-state index contributed by atoms with van der Waals surface area (Å²) in [7, 11) is 3.87. The van der Waals surface area contributed by atoms with Crippen LogP contribution in [0.3, 0.4) is 0 Å². The van der Waals surface area contributed by atoms with Crippen molar-refractivity contribution in [1.82, 2.24) is 4.90 Å². The first-order valence-electron chi connectivity index (χ1n) is 10.4. The number of unbranched alkanes of at least 4 members (excludes halogenated alkanes) is 4. The van der Waals surface area contributed by atoms with Gasteiger partial charge in [0.1, 0.15) is 5.75 Å². The Balaban J connectivity index is 1.88. The van der Waals surface area contributed by atoms with Gasteiger partial charge >= 0.3 is 0 Å². The van der Waals surface area contributed by atoms with Crippen LogP contribution in [-0.4, -0.2) is 36.9 Å². The van der Waals surface area contributed by atoms with Crippen LogP contribution >= 0.6 is 0 Å². The summed E-state index contributed by atoms with van der Waals surface area (Å²) in [5.74, 6) is 0.639. The van der Waals surface area contributed by atoms with Crippen LogP contribution in [0.1, 0.15) is 44.6 Å². The highest BCUT2D eigenvalue weighted by Gasteiger charge is 2.11. The summed E-state index contributed by atoms with van der Waals surface area (Å²) in [5.41, 5.74) is 4.38. The molecule has 1 N–H and O–H groups in total. The molecular weight excluding hydrogens is 346 g/mol. The van der Waals surface area contributed by atoms with Gasteiger partial charge in [-0.2, -0.15) is 0 Å². The molecule has 0 aliphatic rings. The van der Waals surface area contributed by atoms with E-state index in [1.54, 1.807) is 0 Å². The number of hydrogen-bond donors (Lipinski definition) is 1. The molecule has 0 saturated carbocycles.